The zero-order chi connectivity index (χ0) is 20.8. The van der Waals surface area contributed by atoms with Gasteiger partial charge in [-0.15, -0.1) is 10.2 Å². The van der Waals surface area contributed by atoms with Gasteiger partial charge in [0.2, 0.25) is 5.91 Å². The Morgan fingerprint density at radius 1 is 1.07 bits per heavy atom. The van der Waals surface area contributed by atoms with E-state index in [0.29, 0.717) is 38.5 Å². The van der Waals surface area contributed by atoms with Crippen LogP contribution in [0.2, 0.25) is 0 Å². The Bertz CT molecular complexity index is 862. The van der Waals surface area contributed by atoms with Crippen molar-refractivity contribution in [2.45, 2.75) is 32.5 Å². The average molecular weight is 418 g/mol. The summed E-state index contributed by atoms with van der Waals surface area (Å²) in [5.74, 6) is 1.16. The number of hydrogen-bond donors (Lipinski definition) is 0. The largest absolute Gasteiger partial charge is 0.450 e. The number of benzene rings is 1. The number of amides is 2. The van der Waals surface area contributed by atoms with Gasteiger partial charge in [0, 0.05) is 38.3 Å². The Hall–Kier alpha value is -2.55. The third kappa shape index (κ3) is 4.90. The highest BCUT2D eigenvalue weighted by atomic mass is 32.2. The second-order valence-electron chi connectivity index (χ2n) is 6.72. The molecule has 8 nitrogen and oxygen atoms in total. The number of aromatic nitrogens is 3. The van der Waals surface area contributed by atoms with E-state index in [2.05, 4.69) is 23.2 Å². The highest BCUT2D eigenvalue weighted by Gasteiger charge is 2.25. The van der Waals surface area contributed by atoms with Crippen LogP contribution in [0.3, 0.4) is 0 Å². The molecule has 0 bridgehead atoms. The molecule has 0 N–H and O–H groups in total. The highest BCUT2D eigenvalue weighted by Crippen LogP contribution is 2.26. The number of aryl methyl sites for hydroxylation is 1. The molecule has 1 aliphatic rings. The Morgan fingerprint density at radius 2 is 1.76 bits per heavy atom. The van der Waals surface area contributed by atoms with Gasteiger partial charge in [-0.2, -0.15) is 0 Å². The Kier molecular flexibility index (Phi) is 7.13. The number of rotatable bonds is 6. The zero-order valence-corrected chi connectivity index (χ0v) is 17.9. The topological polar surface area (TPSA) is 80.6 Å². The first-order valence-corrected chi connectivity index (χ1v) is 10.8. The molecule has 1 saturated heterocycles. The molecule has 0 saturated carbocycles. The van der Waals surface area contributed by atoms with Crippen LogP contribution in [0.4, 0.5) is 4.79 Å². The molecule has 2 heterocycles. The fraction of sp³-hybridized carbons (Fsp3) is 0.500. The van der Waals surface area contributed by atoms with Crippen LogP contribution in [0.25, 0.3) is 11.4 Å². The molecule has 0 aliphatic carbocycles. The minimum atomic E-state index is -0.311. The van der Waals surface area contributed by atoms with Crippen molar-refractivity contribution < 1.29 is 14.3 Å². The third-order valence-electron chi connectivity index (χ3n) is 4.90. The predicted octanol–water partition coefficient (Wildman–Crippen LogP) is 2.67. The molecular formula is C20H27N5O3S. The van der Waals surface area contributed by atoms with Crippen LogP contribution in [-0.2, 0) is 16.1 Å². The summed E-state index contributed by atoms with van der Waals surface area (Å²) < 4.78 is 7.06. The van der Waals surface area contributed by atoms with Crippen LogP contribution >= 0.6 is 11.8 Å². The van der Waals surface area contributed by atoms with Crippen molar-refractivity contribution >= 4 is 23.8 Å². The van der Waals surface area contributed by atoms with Crippen LogP contribution in [0.1, 0.15) is 19.4 Å². The lowest BCUT2D eigenvalue weighted by atomic mass is 10.1. The number of carbonyl (C=O) groups is 2. The fourth-order valence-electron chi connectivity index (χ4n) is 3.27. The smallest absolute Gasteiger partial charge is 0.409 e. The van der Waals surface area contributed by atoms with Gasteiger partial charge in [0.25, 0.3) is 0 Å². The van der Waals surface area contributed by atoms with Gasteiger partial charge in [-0.1, -0.05) is 36.0 Å². The molecule has 29 heavy (non-hydrogen) atoms. The number of ether oxygens (including phenoxy) is 1. The van der Waals surface area contributed by atoms with E-state index >= 15 is 0 Å². The van der Waals surface area contributed by atoms with Gasteiger partial charge in [-0.3, -0.25) is 4.79 Å². The lowest BCUT2D eigenvalue weighted by molar-refractivity contribution is -0.129. The van der Waals surface area contributed by atoms with E-state index in [1.807, 2.05) is 29.7 Å². The molecule has 1 aliphatic heterocycles. The molecule has 0 unspecified atom stereocenters. The monoisotopic (exact) mass is 417 g/mol. The molecule has 0 atom stereocenters. The normalized spacial score (nSPS) is 14.2. The van der Waals surface area contributed by atoms with Gasteiger partial charge in [0.05, 0.1) is 12.4 Å². The van der Waals surface area contributed by atoms with Crippen molar-refractivity contribution in [3.05, 3.63) is 29.8 Å². The van der Waals surface area contributed by atoms with E-state index in [0.717, 1.165) is 28.7 Å². The van der Waals surface area contributed by atoms with Crippen molar-refractivity contribution in [2.75, 3.05) is 38.5 Å². The van der Waals surface area contributed by atoms with E-state index in [4.69, 9.17) is 4.74 Å². The first-order valence-electron chi connectivity index (χ1n) is 9.86. The van der Waals surface area contributed by atoms with Gasteiger partial charge < -0.3 is 19.1 Å². The van der Waals surface area contributed by atoms with Gasteiger partial charge in [-0.05, 0) is 26.3 Å². The Balaban J connectivity index is 1.59. The molecule has 2 aromatic rings. The summed E-state index contributed by atoms with van der Waals surface area (Å²) in [4.78, 5) is 27.8. The summed E-state index contributed by atoms with van der Waals surface area (Å²) >= 11 is 1.40. The SMILES string of the molecule is CCOC(=O)N1CCN(C(=O)CSc2nnc(-c3ccccc3C)n2CC)CC1. The van der Waals surface area contributed by atoms with Crippen molar-refractivity contribution in [3.8, 4) is 11.4 Å². The summed E-state index contributed by atoms with van der Waals surface area (Å²) in [6.07, 6.45) is -0.311. The van der Waals surface area contributed by atoms with E-state index in [9.17, 15) is 9.59 Å². The minimum Gasteiger partial charge on any atom is -0.450 e. The van der Waals surface area contributed by atoms with Crippen molar-refractivity contribution in [1.82, 2.24) is 24.6 Å². The minimum absolute atomic E-state index is 0.0432. The number of thioether (sulfide) groups is 1. The summed E-state index contributed by atoms with van der Waals surface area (Å²) in [5, 5.41) is 9.42. The quantitative estimate of drug-likeness (QED) is 0.672. The first kappa shape index (κ1) is 21.2. The molecule has 1 aromatic heterocycles. The summed E-state index contributed by atoms with van der Waals surface area (Å²) in [5.41, 5.74) is 2.19. The maximum atomic E-state index is 12.6. The van der Waals surface area contributed by atoms with Crippen LogP contribution < -0.4 is 0 Å². The van der Waals surface area contributed by atoms with Crippen molar-refractivity contribution in [2.24, 2.45) is 0 Å². The van der Waals surface area contributed by atoms with Crippen LogP contribution in [0.5, 0.6) is 0 Å². The predicted molar refractivity (Wildman–Crippen MR) is 112 cm³/mol. The lowest BCUT2D eigenvalue weighted by Crippen LogP contribution is -2.51. The van der Waals surface area contributed by atoms with Gasteiger partial charge >= 0.3 is 6.09 Å². The number of nitrogens with zero attached hydrogens (tertiary/aromatic N) is 5. The zero-order valence-electron chi connectivity index (χ0n) is 17.1. The van der Waals surface area contributed by atoms with Crippen molar-refractivity contribution in [3.63, 3.8) is 0 Å². The number of piperazine rings is 1. The Morgan fingerprint density at radius 3 is 2.41 bits per heavy atom. The number of hydrogen-bond acceptors (Lipinski definition) is 6. The highest BCUT2D eigenvalue weighted by molar-refractivity contribution is 7.99. The summed E-state index contributed by atoms with van der Waals surface area (Å²) in [7, 11) is 0. The van der Waals surface area contributed by atoms with Gasteiger partial charge in [-0.25, -0.2) is 4.79 Å². The molecular weight excluding hydrogens is 390 g/mol. The van der Waals surface area contributed by atoms with Crippen LogP contribution in [-0.4, -0.2) is 75.1 Å². The third-order valence-corrected chi connectivity index (χ3v) is 5.85. The van der Waals surface area contributed by atoms with Crippen LogP contribution in [0.15, 0.2) is 29.4 Å². The van der Waals surface area contributed by atoms with Crippen LogP contribution in [0, 0.1) is 6.92 Å². The maximum Gasteiger partial charge on any atom is 0.409 e. The molecule has 1 fully saturated rings. The Labute approximate surface area is 175 Å². The first-order chi connectivity index (χ1) is 14.0. The second kappa shape index (κ2) is 9.78. The van der Waals surface area contributed by atoms with E-state index < -0.39 is 0 Å². The molecule has 1 aromatic carbocycles. The van der Waals surface area contributed by atoms with Gasteiger partial charge in [0.15, 0.2) is 11.0 Å². The molecule has 0 spiro atoms. The van der Waals surface area contributed by atoms with Gasteiger partial charge in [0.1, 0.15) is 0 Å². The standard InChI is InChI=1S/C20H27N5O3S/c1-4-25-18(16-9-7-6-8-15(16)3)21-22-19(25)29-14-17(26)23-10-12-24(13-11-23)20(27)28-5-2/h6-9H,4-5,10-14H2,1-3H3. The molecule has 0 radical (unpaired) electrons. The average Bonchev–Trinajstić information content (AvgIpc) is 3.15. The number of carbonyl (C=O) groups excluding carboxylic acids is 2. The van der Waals surface area contributed by atoms with E-state index in [-0.39, 0.29) is 12.0 Å². The molecule has 9 heteroatoms. The lowest BCUT2D eigenvalue weighted by Gasteiger charge is -2.34. The fourth-order valence-corrected chi connectivity index (χ4v) is 4.18. The van der Waals surface area contributed by atoms with Crippen molar-refractivity contribution in [1.29, 1.82) is 0 Å². The molecule has 3 rings (SSSR count). The summed E-state index contributed by atoms with van der Waals surface area (Å²) in [6.45, 7) is 9.01. The van der Waals surface area contributed by atoms with E-state index in [1.165, 1.54) is 11.8 Å². The molecule has 2 amide bonds. The molecule has 156 valence electrons. The van der Waals surface area contributed by atoms with E-state index in [1.54, 1.807) is 16.7 Å². The summed E-state index contributed by atoms with van der Waals surface area (Å²) in [6, 6.07) is 8.08. The second-order valence-corrected chi connectivity index (χ2v) is 7.66. The maximum absolute atomic E-state index is 12.6.